The highest BCUT2D eigenvalue weighted by Gasteiger charge is 2.19. The van der Waals surface area contributed by atoms with Crippen molar-refractivity contribution in [3.63, 3.8) is 0 Å². The number of hydrogen-bond donors (Lipinski definition) is 1. The quantitative estimate of drug-likeness (QED) is 0.801. The lowest BCUT2D eigenvalue weighted by Gasteiger charge is -2.31. The van der Waals surface area contributed by atoms with Crippen LogP contribution >= 0.6 is 12.2 Å². The van der Waals surface area contributed by atoms with Crippen molar-refractivity contribution in [3.8, 4) is 5.75 Å². The predicted molar refractivity (Wildman–Crippen MR) is 109 cm³/mol. The summed E-state index contributed by atoms with van der Waals surface area (Å²) in [5, 5.41) is 3.40. The molecule has 1 amide bonds. The molecule has 0 aliphatic carbocycles. The van der Waals surface area contributed by atoms with Gasteiger partial charge in [0.2, 0.25) is 0 Å². The van der Waals surface area contributed by atoms with Gasteiger partial charge in [-0.15, -0.1) is 0 Å². The summed E-state index contributed by atoms with van der Waals surface area (Å²) in [5.41, 5.74) is 2.51. The van der Waals surface area contributed by atoms with Crippen molar-refractivity contribution >= 4 is 29.0 Å². The Morgan fingerprint density at radius 1 is 1.08 bits per heavy atom. The van der Waals surface area contributed by atoms with Crippen molar-refractivity contribution in [2.75, 3.05) is 18.4 Å². The lowest BCUT2D eigenvalue weighted by Crippen LogP contribution is -2.39. The number of rotatable bonds is 3. The van der Waals surface area contributed by atoms with Gasteiger partial charge in [0.25, 0.3) is 11.1 Å². The summed E-state index contributed by atoms with van der Waals surface area (Å²) >= 11 is 5.40. The lowest BCUT2D eigenvalue weighted by atomic mass is 10.00. The molecule has 2 aromatic carbocycles. The van der Waals surface area contributed by atoms with E-state index in [1.54, 1.807) is 24.3 Å². The van der Waals surface area contributed by atoms with E-state index in [9.17, 15) is 4.79 Å². The summed E-state index contributed by atoms with van der Waals surface area (Å²) in [6.45, 7) is 6.16. The van der Waals surface area contributed by atoms with Crippen LogP contribution in [0.25, 0.3) is 0 Å². The van der Waals surface area contributed by atoms with E-state index in [-0.39, 0.29) is 5.91 Å². The first kappa shape index (κ1) is 18.4. The van der Waals surface area contributed by atoms with Gasteiger partial charge in [0.15, 0.2) is 0 Å². The molecule has 5 heteroatoms. The van der Waals surface area contributed by atoms with Crippen molar-refractivity contribution in [1.82, 2.24) is 4.90 Å². The van der Waals surface area contributed by atoms with Crippen LogP contribution in [-0.2, 0) is 0 Å². The summed E-state index contributed by atoms with van der Waals surface area (Å²) < 4.78 is 5.78. The third kappa shape index (κ3) is 4.82. The minimum Gasteiger partial charge on any atom is -0.432 e. The third-order valence-electron chi connectivity index (χ3n) is 4.67. The van der Waals surface area contributed by atoms with Gasteiger partial charge in [0, 0.05) is 24.3 Å². The first-order valence-electron chi connectivity index (χ1n) is 8.96. The van der Waals surface area contributed by atoms with Crippen LogP contribution in [-0.4, -0.2) is 29.1 Å². The van der Waals surface area contributed by atoms with E-state index in [0.29, 0.717) is 16.5 Å². The molecule has 26 heavy (non-hydrogen) atoms. The molecule has 1 fully saturated rings. The highest BCUT2D eigenvalue weighted by Crippen LogP contribution is 2.19. The second kappa shape index (κ2) is 8.32. The first-order valence-corrected chi connectivity index (χ1v) is 9.37. The van der Waals surface area contributed by atoms with Crippen LogP contribution in [0.3, 0.4) is 0 Å². The van der Waals surface area contributed by atoms with E-state index in [1.165, 1.54) is 0 Å². The SMILES string of the molecule is Cc1ccc(NC(=O)c2ccc(OC(=S)N3CCC(C)CC3)cc2)cc1. The number of nitrogens with one attached hydrogen (secondary N) is 1. The Morgan fingerprint density at radius 2 is 1.69 bits per heavy atom. The number of aryl methyl sites for hydroxylation is 1. The average molecular weight is 369 g/mol. The number of hydrogen-bond acceptors (Lipinski definition) is 3. The number of amides is 1. The molecule has 4 nitrogen and oxygen atoms in total. The molecular formula is C21H24N2O2S. The fourth-order valence-corrected chi connectivity index (χ4v) is 3.15. The number of ether oxygens (including phenoxy) is 1. The normalized spacial score (nSPS) is 14.8. The monoisotopic (exact) mass is 368 g/mol. The molecule has 3 rings (SSSR count). The molecule has 0 bridgehead atoms. The van der Waals surface area contributed by atoms with Crippen molar-refractivity contribution in [3.05, 3.63) is 59.7 Å². The first-order chi connectivity index (χ1) is 12.5. The number of nitrogens with zero attached hydrogens (tertiary/aromatic N) is 1. The molecule has 1 aliphatic heterocycles. The summed E-state index contributed by atoms with van der Waals surface area (Å²) in [4.78, 5) is 14.4. The molecule has 0 saturated carbocycles. The fraction of sp³-hybridized carbons (Fsp3) is 0.333. The summed E-state index contributed by atoms with van der Waals surface area (Å²) in [6, 6.07) is 14.8. The van der Waals surface area contributed by atoms with E-state index in [1.807, 2.05) is 31.2 Å². The molecule has 0 spiro atoms. The highest BCUT2D eigenvalue weighted by atomic mass is 32.1. The summed E-state index contributed by atoms with van der Waals surface area (Å²) in [7, 11) is 0. The zero-order valence-electron chi connectivity index (χ0n) is 15.2. The van der Waals surface area contributed by atoms with Crippen molar-refractivity contribution < 1.29 is 9.53 Å². The Bertz CT molecular complexity index is 764. The Morgan fingerprint density at radius 3 is 2.31 bits per heavy atom. The van der Waals surface area contributed by atoms with Crippen LogP contribution < -0.4 is 10.1 Å². The van der Waals surface area contributed by atoms with Gasteiger partial charge in [0.1, 0.15) is 5.75 Å². The molecule has 0 unspecified atom stereocenters. The molecule has 1 aliphatic rings. The van der Waals surface area contributed by atoms with E-state index in [2.05, 4.69) is 17.1 Å². The Hall–Kier alpha value is -2.40. The maximum atomic E-state index is 12.3. The number of thiocarbonyl (C=S) groups is 1. The van der Waals surface area contributed by atoms with Crippen LogP contribution in [0.2, 0.25) is 0 Å². The van der Waals surface area contributed by atoms with Gasteiger partial charge in [0.05, 0.1) is 0 Å². The van der Waals surface area contributed by atoms with Gasteiger partial charge in [-0.05, 0) is 74.3 Å². The molecule has 136 valence electrons. The van der Waals surface area contributed by atoms with Crippen LogP contribution in [0.5, 0.6) is 5.75 Å². The molecule has 2 aromatic rings. The number of anilines is 1. The molecule has 1 saturated heterocycles. The van der Waals surface area contributed by atoms with Crippen molar-refractivity contribution in [2.45, 2.75) is 26.7 Å². The second-order valence-corrected chi connectivity index (χ2v) is 7.23. The summed E-state index contributed by atoms with van der Waals surface area (Å²) in [5.74, 6) is 1.26. The largest absolute Gasteiger partial charge is 0.432 e. The number of carbonyl (C=O) groups is 1. The standard InChI is InChI=1S/C21H24N2O2S/c1-15-3-7-18(8-4-15)22-20(24)17-5-9-19(10-6-17)25-21(26)23-13-11-16(2)12-14-23/h3-10,16H,11-14H2,1-2H3,(H,22,24). The lowest BCUT2D eigenvalue weighted by molar-refractivity contribution is 0.102. The molecule has 0 aromatic heterocycles. The topological polar surface area (TPSA) is 41.6 Å². The molecule has 1 N–H and O–H groups in total. The van der Waals surface area contributed by atoms with Crippen LogP contribution in [0.1, 0.15) is 35.7 Å². The number of likely N-dealkylation sites (tertiary alicyclic amines) is 1. The Labute approximate surface area is 160 Å². The van der Waals surface area contributed by atoms with E-state index in [0.717, 1.165) is 43.1 Å². The van der Waals surface area contributed by atoms with E-state index < -0.39 is 0 Å². The van der Waals surface area contributed by atoms with E-state index >= 15 is 0 Å². The molecule has 0 atom stereocenters. The Kier molecular flexibility index (Phi) is 5.89. The van der Waals surface area contributed by atoms with Gasteiger partial charge in [-0.3, -0.25) is 4.79 Å². The van der Waals surface area contributed by atoms with Gasteiger partial charge < -0.3 is 15.0 Å². The molecular weight excluding hydrogens is 344 g/mol. The third-order valence-corrected chi connectivity index (χ3v) is 5.01. The molecule has 1 heterocycles. The fourth-order valence-electron chi connectivity index (χ4n) is 2.87. The van der Waals surface area contributed by atoms with E-state index in [4.69, 9.17) is 17.0 Å². The highest BCUT2D eigenvalue weighted by molar-refractivity contribution is 7.80. The zero-order chi connectivity index (χ0) is 18.5. The van der Waals surface area contributed by atoms with Gasteiger partial charge >= 0.3 is 0 Å². The Balaban J connectivity index is 1.56. The van der Waals surface area contributed by atoms with Crippen molar-refractivity contribution in [1.29, 1.82) is 0 Å². The number of carbonyl (C=O) groups excluding carboxylic acids is 1. The minimum absolute atomic E-state index is 0.145. The average Bonchev–Trinajstić information content (AvgIpc) is 2.64. The van der Waals surface area contributed by atoms with Crippen LogP contribution in [0.4, 0.5) is 5.69 Å². The van der Waals surface area contributed by atoms with Gasteiger partial charge in [-0.1, -0.05) is 24.6 Å². The summed E-state index contributed by atoms with van der Waals surface area (Å²) in [6.07, 6.45) is 2.28. The van der Waals surface area contributed by atoms with Gasteiger partial charge in [-0.25, -0.2) is 0 Å². The number of benzene rings is 2. The second-order valence-electron chi connectivity index (χ2n) is 6.88. The maximum Gasteiger partial charge on any atom is 0.264 e. The number of piperidine rings is 1. The molecule has 0 radical (unpaired) electrons. The minimum atomic E-state index is -0.145. The van der Waals surface area contributed by atoms with Crippen molar-refractivity contribution in [2.24, 2.45) is 5.92 Å². The van der Waals surface area contributed by atoms with Gasteiger partial charge in [-0.2, -0.15) is 0 Å². The van der Waals surface area contributed by atoms with Crippen LogP contribution in [0, 0.1) is 12.8 Å². The predicted octanol–water partition coefficient (Wildman–Crippen LogP) is 4.64. The zero-order valence-corrected chi connectivity index (χ0v) is 16.0. The van der Waals surface area contributed by atoms with Crippen LogP contribution in [0.15, 0.2) is 48.5 Å². The smallest absolute Gasteiger partial charge is 0.264 e. The maximum absolute atomic E-state index is 12.3.